The number of nitrogens with zero attached hydrogens (tertiary/aromatic N) is 4. The van der Waals surface area contributed by atoms with Crippen LogP contribution in [0.25, 0.3) is 99.5 Å². The molecule has 0 aliphatic carbocycles. The number of para-hydroxylation sites is 4. The molecule has 13 aromatic carbocycles. The zero-order valence-corrected chi connectivity index (χ0v) is 73.2. The second-order valence-corrected chi connectivity index (χ2v) is 41.0. The van der Waals surface area contributed by atoms with Crippen LogP contribution < -0.4 is 26.2 Å². The molecule has 2 aromatic heterocycles. The fourth-order valence-electron chi connectivity index (χ4n) is 18.5. The van der Waals surface area contributed by atoms with E-state index in [1.165, 1.54) is 0 Å². The van der Waals surface area contributed by atoms with Gasteiger partial charge in [-0.15, -0.1) is 0 Å². The van der Waals surface area contributed by atoms with E-state index in [-0.39, 0.29) is 10.8 Å². The van der Waals surface area contributed by atoms with Crippen molar-refractivity contribution in [1.29, 1.82) is 0 Å². The summed E-state index contributed by atoms with van der Waals surface area (Å²) >= 11 is 0. The van der Waals surface area contributed by atoms with E-state index in [1.54, 1.807) is 0 Å². The van der Waals surface area contributed by atoms with Gasteiger partial charge in [0.15, 0.2) is 0 Å². The predicted octanol–water partition coefficient (Wildman–Crippen LogP) is 29.8. The van der Waals surface area contributed by atoms with Crippen molar-refractivity contribution < 1.29 is 13.7 Å². The lowest BCUT2D eigenvalue weighted by molar-refractivity contribution is 0.410. The molecule has 0 N–H and O–H groups in total. The summed E-state index contributed by atoms with van der Waals surface area (Å²) in [5.74, 6) is 0. The van der Waals surface area contributed by atoms with Crippen molar-refractivity contribution in [2.45, 2.75) is 190 Å². The number of anilines is 6. The molecular formula is C113H121BN4. The molecule has 0 atom stereocenters. The van der Waals surface area contributed by atoms with E-state index in [4.69, 9.17) is 0 Å². The normalized spacial score (nSPS) is 15.3. The van der Waals surface area contributed by atoms with Gasteiger partial charge in [-0.25, -0.2) is 0 Å². The number of fused-ring (bicyclic) bond motifs is 10. The van der Waals surface area contributed by atoms with Gasteiger partial charge in [0, 0.05) is 80.5 Å². The van der Waals surface area contributed by atoms with Crippen LogP contribution in [0.1, 0.15) is 198 Å². The Labute approximate surface area is 719 Å². The van der Waals surface area contributed by atoms with Crippen LogP contribution in [0.4, 0.5) is 34.1 Å². The SMILES string of the molecule is [2H]C([2H])(c1cccc(-c2cc(N3c4cc(-n5c6ccccc6c6ccccc65)ccc4B4c5ccc(-n6c7ccccc7c7ccccc76)cc5N(c5cc(-c6cccc(C([2H])([2H])C(C)(C)C)c6)c(CC(C)(C)C)cc5-c5cccc(C([2H])([2H])C(C)(C)C)c5)c5cc(C([2H])([2H])C(C)(C)C)cc3c54)c(-c3cccc(C([2H])([2H])C(C)(C)C)c3)cc2CC(C)(C)C)c1)C(C)(C)C. The van der Waals surface area contributed by atoms with Gasteiger partial charge in [-0.1, -0.05) is 327 Å². The molecule has 0 unspecified atom stereocenters. The smallest absolute Gasteiger partial charge is 0.252 e. The Morgan fingerprint density at radius 1 is 0.246 bits per heavy atom. The van der Waals surface area contributed by atoms with Gasteiger partial charge >= 0.3 is 0 Å². The third-order valence-electron chi connectivity index (χ3n) is 22.4. The van der Waals surface area contributed by atoms with Crippen LogP contribution in [-0.4, -0.2) is 15.8 Å². The van der Waals surface area contributed by atoms with Crippen molar-refractivity contribution in [3.8, 4) is 55.9 Å². The van der Waals surface area contributed by atoms with Crippen molar-refractivity contribution >= 4 is 101 Å². The number of rotatable bonds is 15. The van der Waals surface area contributed by atoms with Gasteiger partial charge in [0.2, 0.25) is 0 Å². The highest BCUT2D eigenvalue weighted by molar-refractivity contribution is 7.00. The van der Waals surface area contributed by atoms with Crippen molar-refractivity contribution in [2.24, 2.45) is 37.9 Å². The Hall–Kier alpha value is -10.9. The predicted molar refractivity (Wildman–Crippen MR) is 513 cm³/mol. The molecule has 5 heteroatoms. The first-order valence-electron chi connectivity index (χ1n) is 47.5. The summed E-state index contributed by atoms with van der Waals surface area (Å²) in [5, 5.41) is 4.40. The van der Waals surface area contributed by atoms with E-state index in [9.17, 15) is 13.7 Å². The van der Waals surface area contributed by atoms with Crippen LogP contribution in [0, 0.1) is 37.9 Å². The quantitative estimate of drug-likeness (QED) is 0.0951. The molecule has 0 spiro atoms. The summed E-state index contributed by atoms with van der Waals surface area (Å²) in [6, 6.07) is 94.0. The van der Waals surface area contributed by atoms with E-state index in [0.29, 0.717) is 52.0 Å². The minimum atomic E-state index is -2.09. The number of aromatic nitrogens is 2. The molecule has 17 rings (SSSR count). The Kier molecular flexibility index (Phi) is 17.1. The summed E-state index contributed by atoms with van der Waals surface area (Å²) in [6.07, 6.45) is -8.07. The van der Waals surface area contributed by atoms with E-state index in [1.807, 2.05) is 177 Å². The summed E-state index contributed by atoms with van der Waals surface area (Å²) in [7, 11) is 0. The first kappa shape index (κ1) is 68.1. The van der Waals surface area contributed by atoms with Gasteiger partial charge < -0.3 is 18.9 Å². The molecule has 0 amide bonds. The summed E-state index contributed by atoms with van der Waals surface area (Å²) in [6.45, 7) is 42.3. The highest BCUT2D eigenvalue weighted by Crippen LogP contribution is 2.54. The van der Waals surface area contributed by atoms with Crippen molar-refractivity contribution in [2.75, 3.05) is 9.80 Å². The van der Waals surface area contributed by atoms with E-state index in [2.05, 4.69) is 255 Å². The summed E-state index contributed by atoms with van der Waals surface area (Å²) < 4.78 is 107. The molecule has 0 bridgehead atoms. The van der Waals surface area contributed by atoms with Crippen LogP contribution in [-0.2, 0) is 44.7 Å². The molecule has 4 heterocycles. The lowest BCUT2D eigenvalue weighted by Gasteiger charge is -2.46. The lowest BCUT2D eigenvalue weighted by Crippen LogP contribution is -2.61. The molecule has 2 aliphatic rings. The van der Waals surface area contributed by atoms with Gasteiger partial charge in [0.1, 0.15) is 0 Å². The molecule has 0 saturated heterocycles. The summed E-state index contributed by atoms with van der Waals surface area (Å²) in [4.78, 5) is 4.82. The fourth-order valence-corrected chi connectivity index (χ4v) is 18.5. The molecule has 0 saturated carbocycles. The maximum absolute atomic E-state index is 11.1. The molecule has 0 radical (unpaired) electrons. The van der Waals surface area contributed by atoms with Crippen LogP contribution in [0.15, 0.2) is 267 Å². The first-order chi connectivity index (χ1) is 59.7. The molecule has 15 aromatic rings. The van der Waals surface area contributed by atoms with Gasteiger partial charge in [-0.05, 0) is 256 Å². The first-order valence-corrected chi connectivity index (χ1v) is 42.5. The zero-order chi connectivity index (χ0) is 92.0. The molecule has 0 fully saturated rings. The standard InChI is InChI=1S/C113H121BN4/c1-107(2,3)66-73-34-30-38-78(54-73)90-64-100(92(60-82(90)71-112(16,17)18)80-40-32-36-75(56-80)68-109(7,8)9)117-102-62-84(115-96-46-26-22-42-86(96)87-43-23-27-47-97(87)115)50-52-94(102)114-95-53-51-85(116-98-48-28-24-44-88(98)89-45-25-29-49-99(89)116)63-103(95)118(105-59-77(70-111(13,14)15)58-104(117)106(105)114)101-65-91(79-39-31-35-74(55-79)67-108(4,5)6)83(72-113(19,20)21)61-93(101)81-41-33-37-76(57-81)69-110(10,11)12/h22-65H,66-72H2,1-21H3/i66D2,67D2,68D2,69D2,70D2. The number of benzene rings is 13. The van der Waals surface area contributed by atoms with Crippen LogP contribution in [0.3, 0.4) is 0 Å². The molecule has 118 heavy (non-hydrogen) atoms. The highest BCUT2D eigenvalue weighted by atomic mass is 15.2. The van der Waals surface area contributed by atoms with Crippen molar-refractivity contribution in [3.05, 3.63) is 306 Å². The van der Waals surface area contributed by atoms with Crippen LogP contribution >= 0.6 is 0 Å². The number of hydrogen-bond donors (Lipinski definition) is 0. The number of hydrogen-bond acceptors (Lipinski definition) is 2. The maximum atomic E-state index is 11.1. The summed E-state index contributed by atoms with van der Waals surface area (Å²) in [5.41, 5.74) is 19.5. The van der Waals surface area contributed by atoms with E-state index < -0.39 is 65.7 Å². The second kappa shape index (κ2) is 29.6. The Morgan fingerprint density at radius 3 is 0.831 bits per heavy atom. The van der Waals surface area contributed by atoms with Gasteiger partial charge in [-0.2, -0.15) is 0 Å². The zero-order valence-electron chi connectivity index (χ0n) is 83.2. The topological polar surface area (TPSA) is 16.3 Å². The fraction of sp³-hybridized carbons (Fsp3) is 0.310. The minimum Gasteiger partial charge on any atom is -0.311 e. The highest BCUT2D eigenvalue weighted by Gasteiger charge is 2.46. The monoisotopic (exact) mass is 1560 g/mol. The van der Waals surface area contributed by atoms with E-state index >= 15 is 0 Å². The Bertz CT molecular complexity index is 6450. The average Bonchev–Trinajstić information content (AvgIpc) is 0.703. The minimum absolute atomic E-state index is 0.296. The second-order valence-electron chi connectivity index (χ2n) is 41.0. The molecule has 596 valence electrons. The van der Waals surface area contributed by atoms with E-state index in [0.717, 1.165) is 150 Å². The maximum Gasteiger partial charge on any atom is 0.252 e. The van der Waals surface area contributed by atoms with Crippen LogP contribution in [0.5, 0.6) is 0 Å². The Morgan fingerprint density at radius 2 is 0.534 bits per heavy atom. The third kappa shape index (κ3) is 16.1. The largest absolute Gasteiger partial charge is 0.311 e. The third-order valence-corrected chi connectivity index (χ3v) is 22.4. The van der Waals surface area contributed by atoms with Gasteiger partial charge in [-0.3, -0.25) is 0 Å². The van der Waals surface area contributed by atoms with Crippen molar-refractivity contribution in [1.82, 2.24) is 9.13 Å². The lowest BCUT2D eigenvalue weighted by atomic mass is 9.33. The molecule has 4 nitrogen and oxygen atoms in total. The Balaban J connectivity index is 1.10. The molecule has 2 aliphatic heterocycles. The van der Waals surface area contributed by atoms with Crippen molar-refractivity contribution in [3.63, 3.8) is 0 Å². The molecular weight excluding hydrogens is 1420 g/mol. The van der Waals surface area contributed by atoms with Gasteiger partial charge in [0.25, 0.3) is 6.71 Å². The van der Waals surface area contributed by atoms with Gasteiger partial charge in [0.05, 0.1) is 33.4 Å². The average molecular weight is 1560 g/mol. The van der Waals surface area contributed by atoms with Crippen LogP contribution in [0.2, 0.25) is 0 Å².